The SMILES string of the molecule is COc1cc(/C=N\NC(=O)c2ccccc2N)ccc1OCc1c(Cl)cccc1Cl. The van der Waals surface area contributed by atoms with Gasteiger partial charge in [0.05, 0.1) is 18.9 Å². The van der Waals surface area contributed by atoms with Gasteiger partial charge >= 0.3 is 0 Å². The largest absolute Gasteiger partial charge is 0.493 e. The number of methoxy groups -OCH3 is 1. The van der Waals surface area contributed by atoms with Gasteiger partial charge in [-0.3, -0.25) is 4.79 Å². The minimum Gasteiger partial charge on any atom is -0.493 e. The number of hydrogen-bond donors (Lipinski definition) is 2. The number of halogens is 2. The molecule has 6 nitrogen and oxygen atoms in total. The van der Waals surface area contributed by atoms with Crippen LogP contribution < -0.4 is 20.6 Å². The maximum atomic E-state index is 12.1. The first-order chi connectivity index (χ1) is 14.5. The molecule has 3 rings (SSSR count). The fourth-order valence-corrected chi connectivity index (χ4v) is 3.14. The third-order valence-electron chi connectivity index (χ3n) is 4.21. The van der Waals surface area contributed by atoms with E-state index in [1.165, 1.54) is 13.3 Å². The molecular weight excluding hydrogens is 425 g/mol. The zero-order chi connectivity index (χ0) is 21.5. The van der Waals surface area contributed by atoms with Gasteiger partial charge in [-0.15, -0.1) is 0 Å². The second-order valence-corrected chi connectivity index (χ2v) is 7.00. The molecule has 0 bridgehead atoms. The Kier molecular flexibility index (Phi) is 7.17. The average molecular weight is 444 g/mol. The van der Waals surface area contributed by atoms with Crippen molar-refractivity contribution >= 4 is 41.0 Å². The maximum absolute atomic E-state index is 12.1. The van der Waals surface area contributed by atoms with Crippen LogP contribution in [0.4, 0.5) is 5.69 Å². The Labute approximate surface area is 184 Å². The molecule has 0 saturated heterocycles. The van der Waals surface area contributed by atoms with Gasteiger partial charge in [0.15, 0.2) is 11.5 Å². The van der Waals surface area contributed by atoms with Crippen LogP contribution in [0.2, 0.25) is 10.0 Å². The van der Waals surface area contributed by atoms with Crippen molar-refractivity contribution in [3.05, 3.63) is 87.4 Å². The number of para-hydroxylation sites is 1. The summed E-state index contributed by atoms with van der Waals surface area (Å²) in [4.78, 5) is 12.1. The van der Waals surface area contributed by atoms with Crippen molar-refractivity contribution in [2.75, 3.05) is 12.8 Å². The van der Waals surface area contributed by atoms with E-state index in [-0.39, 0.29) is 6.61 Å². The summed E-state index contributed by atoms with van der Waals surface area (Å²) in [5.41, 5.74) is 10.4. The Morgan fingerprint density at radius 3 is 2.50 bits per heavy atom. The predicted octanol–water partition coefficient (Wildman–Crippen LogP) is 4.93. The Balaban J connectivity index is 1.67. The van der Waals surface area contributed by atoms with Crippen molar-refractivity contribution in [1.82, 2.24) is 5.43 Å². The van der Waals surface area contributed by atoms with E-state index in [9.17, 15) is 4.79 Å². The van der Waals surface area contributed by atoms with E-state index in [1.54, 1.807) is 60.7 Å². The van der Waals surface area contributed by atoms with Crippen LogP contribution in [-0.2, 0) is 6.61 Å². The van der Waals surface area contributed by atoms with Crippen molar-refractivity contribution in [3.63, 3.8) is 0 Å². The molecule has 0 fully saturated rings. The van der Waals surface area contributed by atoms with Gasteiger partial charge in [0.25, 0.3) is 5.91 Å². The lowest BCUT2D eigenvalue weighted by Crippen LogP contribution is -2.19. The lowest BCUT2D eigenvalue weighted by molar-refractivity contribution is 0.0956. The summed E-state index contributed by atoms with van der Waals surface area (Å²) in [5.74, 6) is 0.625. The van der Waals surface area contributed by atoms with Gasteiger partial charge < -0.3 is 15.2 Å². The Morgan fingerprint density at radius 1 is 1.07 bits per heavy atom. The number of carbonyl (C=O) groups excluding carboxylic acids is 1. The van der Waals surface area contributed by atoms with Crippen LogP contribution in [0.15, 0.2) is 65.8 Å². The second-order valence-electron chi connectivity index (χ2n) is 6.19. The Morgan fingerprint density at radius 2 is 1.80 bits per heavy atom. The molecule has 154 valence electrons. The standard InChI is InChI=1S/C22H19Cl2N3O3/c1-29-21-11-14(12-26-27-22(28)15-5-2-3-8-19(15)25)9-10-20(21)30-13-16-17(23)6-4-7-18(16)24/h2-12H,13,25H2,1H3,(H,27,28)/b26-12-. The molecule has 0 unspecified atom stereocenters. The molecule has 0 aliphatic heterocycles. The number of nitrogens with zero attached hydrogens (tertiary/aromatic N) is 1. The van der Waals surface area contributed by atoms with E-state index in [4.69, 9.17) is 38.4 Å². The summed E-state index contributed by atoms with van der Waals surface area (Å²) in [6, 6.07) is 17.3. The van der Waals surface area contributed by atoms with Crippen LogP contribution in [0.5, 0.6) is 11.5 Å². The maximum Gasteiger partial charge on any atom is 0.273 e. The van der Waals surface area contributed by atoms with Crippen LogP contribution in [0.3, 0.4) is 0 Å². The Bertz CT molecular complexity index is 1070. The highest BCUT2D eigenvalue weighted by molar-refractivity contribution is 6.35. The molecule has 1 amide bonds. The molecular formula is C22H19Cl2N3O3. The van der Waals surface area contributed by atoms with E-state index in [2.05, 4.69) is 10.5 Å². The van der Waals surface area contributed by atoms with Gasteiger partial charge in [-0.2, -0.15) is 5.10 Å². The first kappa shape index (κ1) is 21.5. The number of nitrogens with two attached hydrogens (primary N) is 1. The summed E-state index contributed by atoms with van der Waals surface area (Å²) >= 11 is 12.4. The molecule has 3 N–H and O–H groups in total. The first-order valence-electron chi connectivity index (χ1n) is 8.91. The molecule has 0 aromatic heterocycles. The summed E-state index contributed by atoms with van der Waals surface area (Å²) in [5, 5.41) is 5.03. The predicted molar refractivity (Wildman–Crippen MR) is 120 cm³/mol. The van der Waals surface area contributed by atoms with Crippen LogP contribution in [0.1, 0.15) is 21.5 Å². The molecule has 3 aromatic carbocycles. The second kappa shape index (κ2) is 10.0. The van der Waals surface area contributed by atoms with Gasteiger partial charge in [0.1, 0.15) is 6.61 Å². The average Bonchev–Trinajstić information content (AvgIpc) is 2.74. The molecule has 0 spiro atoms. The van der Waals surface area contributed by atoms with E-state index < -0.39 is 5.91 Å². The number of rotatable bonds is 7. The number of nitrogen functional groups attached to an aromatic ring is 1. The number of carbonyl (C=O) groups is 1. The lowest BCUT2D eigenvalue weighted by atomic mass is 10.2. The molecule has 8 heteroatoms. The van der Waals surface area contributed by atoms with Crippen molar-refractivity contribution in [3.8, 4) is 11.5 Å². The molecule has 30 heavy (non-hydrogen) atoms. The van der Waals surface area contributed by atoms with Crippen LogP contribution in [0, 0.1) is 0 Å². The normalized spacial score (nSPS) is 10.8. The topological polar surface area (TPSA) is 85.9 Å². The highest BCUT2D eigenvalue weighted by atomic mass is 35.5. The van der Waals surface area contributed by atoms with Gasteiger partial charge in [0.2, 0.25) is 0 Å². The molecule has 0 heterocycles. The quantitative estimate of drug-likeness (QED) is 0.308. The first-order valence-corrected chi connectivity index (χ1v) is 9.67. The molecule has 0 aliphatic carbocycles. The fraction of sp³-hybridized carbons (Fsp3) is 0.0909. The van der Waals surface area contributed by atoms with Crippen LogP contribution >= 0.6 is 23.2 Å². The zero-order valence-corrected chi connectivity index (χ0v) is 17.6. The summed E-state index contributed by atoms with van der Waals surface area (Å²) in [6.07, 6.45) is 1.49. The summed E-state index contributed by atoms with van der Waals surface area (Å²) < 4.78 is 11.2. The smallest absolute Gasteiger partial charge is 0.273 e. The molecule has 3 aromatic rings. The van der Waals surface area contributed by atoms with Crippen molar-refractivity contribution in [2.24, 2.45) is 5.10 Å². The molecule has 0 saturated carbocycles. The minimum atomic E-state index is -0.395. The molecule has 0 atom stereocenters. The van der Waals surface area contributed by atoms with E-state index in [1.807, 2.05) is 0 Å². The van der Waals surface area contributed by atoms with Gasteiger partial charge in [-0.25, -0.2) is 5.43 Å². The van der Waals surface area contributed by atoms with Crippen molar-refractivity contribution in [2.45, 2.75) is 6.61 Å². The molecule has 0 radical (unpaired) electrons. The van der Waals surface area contributed by atoms with Crippen molar-refractivity contribution in [1.29, 1.82) is 0 Å². The third-order valence-corrected chi connectivity index (χ3v) is 4.91. The highest BCUT2D eigenvalue weighted by Crippen LogP contribution is 2.31. The summed E-state index contributed by atoms with van der Waals surface area (Å²) in [6.45, 7) is 0.191. The van der Waals surface area contributed by atoms with Gasteiger partial charge in [0, 0.05) is 21.3 Å². The monoisotopic (exact) mass is 443 g/mol. The van der Waals surface area contributed by atoms with Gasteiger partial charge in [-0.1, -0.05) is 41.4 Å². The third kappa shape index (κ3) is 5.23. The number of hydrogen-bond acceptors (Lipinski definition) is 5. The zero-order valence-electron chi connectivity index (χ0n) is 16.1. The number of benzene rings is 3. The number of anilines is 1. The number of ether oxygens (including phenoxy) is 2. The van der Waals surface area contributed by atoms with E-state index in [0.29, 0.717) is 43.9 Å². The van der Waals surface area contributed by atoms with Crippen LogP contribution in [-0.4, -0.2) is 19.2 Å². The number of hydrazone groups is 1. The van der Waals surface area contributed by atoms with E-state index >= 15 is 0 Å². The van der Waals surface area contributed by atoms with Gasteiger partial charge in [-0.05, 0) is 48.0 Å². The Hall–Kier alpha value is -3.22. The van der Waals surface area contributed by atoms with Crippen LogP contribution in [0.25, 0.3) is 0 Å². The van der Waals surface area contributed by atoms with E-state index in [0.717, 1.165) is 0 Å². The highest BCUT2D eigenvalue weighted by Gasteiger charge is 2.10. The number of nitrogens with one attached hydrogen (secondary N) is 1. The number of amides is 1. The summed E-state index contributed by atoms with van der Waals surface area (Å²) in [7, 11) is 1.53. The minimum absolute atomic E-state index is 0.191. The fourth-order valence-electron chi connectivity index (χ4n) is 2.63. The molecule has 0 aliphatic rings. The van der Waals surface area contributed by atoms with Crippen molar-refractivity contribution < 1.29 is 14.3 Å². The lowest BCUT2D eigenvalue weighted by Gasteiger charge is -2.13.